The lowest BCUT2D eigenvalue weighted by Crippen LogP contribution is -2.29. The molecule has 3 atom stereocenters. The monoisotopic (exact) mass is 670 g/mol. The van der Waals surface area contributed by atoms with Gasteiger partial charge in [0.1, 0.15) is 12.7 Å². The van der Waals surface area contributed by atoms with E-state index in [-0.39, 0.29) is 19.4 Å². The minimum absolute atomic E-state index is 0.0494. The molecule has 264 valence electrons. The van der Waals surface area contributed by atoms with Crippen LogP contribution in [0.3, 0.4) is 0 Å². The third-order valence-electron chi connectivity index (χ3n) is 6.47. The Kier molecular flexibility index (Phi) is 29.7. The molecule has 3 unspecified atom stereocenters. The van der Waals surface area contributed by atoms with Crippen LogP contribution in [0.4, 0.5) is 0 Å². The summed E-state index contributed by atoms with van der Waals surface area (Å²) >= 11 is 0. The lowest BCUT2D eigenvalue weighted by Gasteiger charge is -2.20. The Morgan fingerprint density at radius 2 is 1.17 bits per heavy atom. The van der Waals surface area contributed by atoms with E-state index in [1.807, 2.05) is 18.2 Å². The first-order chi connectivity index (χ1) is 22.2. The number of unbranched alkanes of at least 4 members (excludes halogenated alkanes) is 7. The van der Waals surface area contributed by atoms with Crippen LogP contribution in [0.2, 0.25) is 0 Å². The maximum absolute atomic E-state index is 12.4. The van der Waals surface area contributed by atoms with Crippen LogP contribution >= 0.6 is 7.82 Å². The molecule has 11 heteroatoms. The number of rotatable bonds is 30. The Labute approximate surface area is 276 Å². The summed E-state index contributed by atoms with van der Waals surface area (Å²) in [5.74, 6) is -1.09. The highest BCUT2D eigenvalue weighted by molar-refractivity contribution is 7.47. The van der Waals surface area contributed by atoms with Gasteiger partial charge in [0.15, 0.2) is 6.10 Å². The molecule has 10 nitrogen and oxygen atoms in total. The number of allylic oxidation sites excluding steroid dienone is 9. The molecular formula is C35H59O10P. The highest BCUT2D eigenvalue weighted by Crippen LogP contribution is 2.43. The fraction of sp³-hybridized carbons (Fsp3) is 0.657. The normalized spacial score (nSPS) is 15.0. The van der Waals surface area contributed by atoms with Crippen molar-refractivity contribution in [1.29, 1.82) is 0 Å². The van der Waals surface area contributed by atoms with Gasteiger partial charge in [-0.1, -0.05) is 120 Å². The SMILES string of the molecule is CC/C=C\C/C=C\C/C=C\C/C=C\C/C=C\CC(=O)OC(COC(=O)CCCCCCCCCC)COP(=O)(O)OCC(O)CO. The van der Waals surface area contributed by atoms with Crippen molar-refractivity contribution in [3.05, 3.63) is 60.8 Å². The zero-order valence-corrected chi connectivity index (χ0v) is 28.9. The number of phosphoric acid groups is 1. The third kappa shape index (κ3) is 30.3. The largest absolute Gasteiger partial charge is 0.472 e. The van der Waals surface area contributed by atoms with Crippen LogP contribution in [-0.4, -0.2) is 65.7 Å². The number of phosphoric ester groups is 1. The van der Waals surface area contributed by atoms with Gasteiger partial charge in [0.2, 0.25) is 0 Å². The molecule has 0 aromatic heterocycles. The Morgan fingerprint density at radius 3 is 1.72 bits per heavy atom. The molecule has 0 heterocycles. The van der Waals surface area contributed by atoms with E-state index >= 15 is 0 Å². The Hall–Kier alpha value is -2.33. The van der Waals surface area contributed by atoms with Gasteiger partial charge in [-0.05, 0) is 38.5 Å². The van der Waals surface area contributed by atoms with Crippen molar-refractivity contribution in [2.75, 3.05) is 26.4 Å². The molecule has 0 aromatic carbocycles. The van der Waals surface area contributed by atoms with E-state index in [1.165, 1.54) is 25.7 Å². The van der Waals surface area contributed by atoms with Crippen molar-refractivity contribution in [2.24, 2.45) is 0 Å². The van der Waals surface area contributed by atoms with Gasteiger partial charge in [-0.3, -0.25) is 18.6 Å². The van der Waals surface area contributed by atoms with Gasteiger partial charge >= 0.3 is 19.8 Å². The van der Waals surface area contributed by atoms with Gasteiger partial charge in [-0.25, -0.2) is 4.57 Å². The number of aliphatic hydroxyl groups excluding tert-OH is 2. The summed E-state index contributed by atoms with van der Waals surface area (Å²) in [6.45, 7) is 2.07. The van der Waals surface area contributed by atoms with E-state index < -0.39 is 51.8 Å². The quantitative estimate of drug-likeness (QED) is 0.0302. The Morgan fingerprint density at radius 1 is 0.674 bits per heavy atom. The Balaban J connectivity index is 4.61. The number of carbonyl (C=O) groups excluding carboxylic acids is 2. The molecule has 46 heavy (non-hydrogen) atoms. The lowest BCUT2D eigenvalue weighted by molar-refractivity contribution is -0.160. The van der Waals surface area contributed by atoms with E-state index in [1.54, 1.807) is 6.08 Å². The summed E-state index contributed by atoms with van der Waals surface area (Å²) in [5, 5.41) is 18.2. The summed E-state index contributed by atoms with van der Waals surface area (Å²) in [5.41, 5.74) is 0. The summed E-state index contributed by atoms with van der Waals surface area (Å²) in [6, 6.07) is 0. The number of ether oxygens (including phenoxy) is 2. The van der Waals surface area contributed by atoms with Gasteiger partial charge in [0.25, 0.3) is 0 Å². The molecule has 0 radical (unpaired) electrons. The molecule has 0 rings (SSSR count). The molecule has 0 spiro atoms. The van der Waals surface area contributed by atoms with Crippen molar-refractivity contribution >= 4 is 19.8 Å². The highest BCUT2D eigenvalue weighted by Gasteiger charge is 2.27. The molecule has 0 aliphatic carbocycles. The molecule has 3 N–H and O–H groups in total. The fourth-order valence-corrected chi connectivity index (χ4v) is 4.68. The topological polar surface area (TPSA) is 149 Å². The lowest BCUT2D eigenvalue weighted by atomic mass is 10.1. The van der Waals surface area contributed by atoms with Crippen LogP contribution in [0.15, 0.2) is 60.8 Å². The maximum Gasteiger partial charge on any atom is 0.472 e. The molecule has 0 fully saturated rings. The molecule has 0 bridgehead atoms. The van der Waals surface area contributed by atoms with Crippen LogP contribution < -0.4 is 0 Å². The first-order valence-electron chi connectivity index (χ1n) is 16.7. The first-order valence-corrected chi connectivity index (χ1v) is 18.2. The van der Waals surface area contributed by atoms with E-state index in [4.69, 9.17) is 19.1 Å². The van der Waals surface area contributed by atoms with E-state index in [9.17, 15) is 24.2 Å². The predicted octanol–water partition coefficient (Wildman–Crippen LogP) is 7.60. The van der Waals surface area contributed by atoms with Gasteiger partial charge in [0.05, 0.1) is 26.2 Å². The van der Waals surface area contributed by atoms with E-state index in [0.717, 1.165) is 44.9 Å². The minimum atomic E-state index is -4.63. The van der Waals surface area contributed by atoms with E-state index in [0.29, 0.717) is 12.8 Å². The van der Waals surface area contributed by atoms with Crippen molar-refractivity contribution in [3.63, 3.8) is 0 Å². The molecule has 0 aromatic rings. The van der Waals surface area contributed by atoms with Gasteiger partial charge in [-0.2, -0.15) is 0 Å². The number of hydrogen-bond donors (Lipinski definition) is 3. The van der Waals surface area contributed by atoms with E-state index in [2.05, 4.69) is 54.8 Å². The minimum Gasteiger partial charge on any atom is -0.462 e. The number of esters is 2. The van der Waals surface area contributed by atoms with Crippen LogP contribution in [-0.2, 0) is 32.7 Å². The molecule has 0 saturated carbocycles. The third-order valence-corrected chi connectivity index (χ3v) is 7.42. The smallest absolute Gasteiger partial charge is 0.462 e. The average Bonchev–Trinajstić information content (AvgIpc) is 3.04. The first kappa shape index (κ1) is 43.7. The second-order valence-electron chi connectivity index (χ2n) is 10.8. The number of hydrogen-bond acceptors (Lipinski definition) is 9. The van der Waals surface area contributed by atoms with Crippen molar-refractivity contribution in [2.45, 2.75) is 122 Å². The molecule has 0 aliphatic heterocycles. The second-order valence-corrected chi connectivity index (χ2v) is 12.3. The number of aliphatic hydroxyl groups is 2. The molecular weight excluding hydrogens is 611 g/mol. The molecule has 0 aliphatic rings. The van der Waals surface area contributed by atoms with Crippen molar-refractivity contribution in [1.82, 2.24) is 0 Å². The van der Waals surface area contributed by atoms with Crippen molar-refractivity contribution in [3.8, 4) is 0 Å². The summed E-state index contributed by atoms with van der Waals surface area (Å²) in [7, 11) is -4.63. The standard InChI is InChI=1S/C35H59O10P/c1-3-5-7-9-11-13-14-15-16-17-18-19-21-23-25-27-35(39)45-33(31-44-46(40,41)43-29-32(37)28-36)30-42-34(38)26-24-22-20-12-10-8-6-4-2/h5,7,11,13,15-16,18-19,23,25,32-33,36-37H,3-4,6,8-10,12,14,17,20-22,24,26-31H2,1-2H3,(H,40,41)/b7-5-,13-11-,16-15-,19-18-,25-23-. The van der Waals surface area contributed by atoms with Crippen LogP contribution in [0.1, 0.15) is 110 Å². The zero-order chi connectivity index (χ0) is 34.1. The Bertz CT molecular complexity index is 957. The summed E-state index contributed by atoms with van der Waals surface area (Å²) in [4.78, 5) is 34.5. The highest BCUT2D eigenvalue weighted by atomic mass is 31.2. The van der Waals surface area contributed by atoms with Crippen LogP contribution in [0.25, 0.3) is 0 Å². The second kappa shape index (κ2) is 31.3. The maximum atomic E-state index is 12.4. The molecule has 0 amide bonds. The van der Waals surface area contributed by atoms with Gasteiger partial charge in [-0.15, -0.1) is 0 Å². The summed E-state index contributed by atoms with van der Waals surface area (Å²) in [6.07, 6.45) is 31.0. The predicted molar refractivity (Wildman–Crippen MR) is 182 cm³/mol. The van der Waals surface area contributed by atoms with Crippen molar-refractivity contribution < 1.29 is 47.8 Å². The number of carbonyl (C=O) groups is 2. The van der Waals surface area contributed by atoms with Crippen LogP contribution in [0.5, 0.6) is 0 Å². The van der Waals surface area contributed by atoms with Gasteiger partial charge < -0.3 is 24.6 Å². The van der Waals surface area contributed by atoms with Crippen LogP contribution in [0, 0.1) is 0 Å². The fourth-order valence-electron chi connectivity index (χ4n) is 3.89. The zero-order valence-electron chi connectivity index (χ0n) is 28.0. The summed E-state index contributed by atoms with van der Waals surface area (Å²) < 4.78 is 32.2. The average molecular weight is 671 g/mol. The molecule has 0 saturated heterocycles. The van der Waals surface area contributed by atoms with Gasteiger partial charge in [0, 0.05) is 6.42 Å².